The topological polar surface area (TPSA) is 68.0 Å². The number of nitrogens with two attached hydrogens (primary N) is 1. The molecule has 116 valence electrons. The number of amides is 1. The highest BCUT2D eigenvalue weighted by Gasteiger charge is 2.07. The number of halogens is 1. The Labute approximate surface area is 133 Å². The van der Waals surface area contributed by atoms with E-state index in [0.29, 0.717) is 16.9 Å². The summed E-state index contributed by atoms with van der Waals surface area (Å²) in [6.45, 7) is 0.162. The number of carbonyl (C=O) groups is 1. The van der Waals surface area contributed by atoms with E-state index in [1.165, 1.54) is 6.07 Å². The fourth-order valence-corrected chi connectivity index (χ4v) is 2.35. The van der Waals surface area contributed by atoms with Gasteiger partial charge in [-0.05, 0) is 30.3 Å². The van der Waals surface area contributed by atoms with Crippen molar-refractivity contribution in [3.63, 3.8) is 0 Å². The molecular formula is C18H16FN3O. The molecule has 0 saturated heterocycles. The summed E-state index contributed by atoms with van der Waals surface area (Å²) in [7, 11) is 0. The van der Waals surface area contributed by atoms with Crippen LogP contribution in [0.2, 0.25) is 0 Å². The minimum absolute atomic E-state index is 0.148. The van der Waals surface area contributed by atoms with Crippen molar-refractivity contribution in [2.45, 2.75) is 13.0 Å². The molecule has 1 heterocycles. The SMILES string of the molecule is Nc1ccc2nc(CC(=O)NCc3ccccc3F)ccc2c1. The molecule has 0 aliphatic carbocycles. The van der Waals surface area contributed by atoms with Crippen LogP contribution in [-0.4, -0.2) is 10.9 Å². The van der Waals surface area contributed by atoms with Crippen LogP contribution in [0.4, 0.5) is 10.1 Å². The van der Waals surface area contributed by atoms with Gasteiger partial charge in [0.2, 0.25) is 5.91 Å². The number of benzene rings is 2. The Hall–Kier alpha value is -2.95. The number of aromatic nitrogens is 1. The smallest absolute Gasteiger partial charge is 0.226 e. The molecule has 4 nitrogen and oxygen atoms in total. The Morgan fingerprint density at radius 3 is 2.78 bits per heavy atom. The third-order valence-electron chi connectivity index (χ3n) is 3.55. The first-order valence-electron chi connectivity index (χ1n) is 7.27. The van der Waals surface area contributed by atoms with Crippen LogP contribution in [0, 0.1) is 5.82 Å². The summed E-state index contributed by atoms with van der Waals surface area (Å²) in [5.41, 5.74) is 8.31. The van der Waals surface area contributed by atoms with Crippen molar-refractivity contribution in [3.8, 4) is 0 Å². The van der Waals surface area contributed by atoms with Gasteiger partial charge >= 0.3 is 0 Å². The van der Waals surface area contributed by atoms with Gasteiger partial charge in [-0.3, -0.25) is 9.78 Å². The molecule has 23 heavy (non-hydrogen) atoms. The zero-order valence-electron chi connectivity index (χ0n) is 12.4. The molecule has 0 spiro atoms. The lowest BCUT2D eigenvalue weighted by molar-refractivity contribution is -0.120. The number of nitrogen functional groups attached to an aromatic ring is 1. The highest BCUT2D eigenvalue weighted by atomic mass is 19.1. The zero-order chi connectivity index (χ0) is 16.2. The van der Waals surface area contributed by atoms with Crippen LogP contribution in [-0.2, 0) is 17.8 Å². The predicted molar refractivity (Wildman–Crippen MR) is 88.1 cm³/mol. The van der Waals surface area contributed by atoms with Crippen molar-refractivity contribution in [2.24, 2.45) is 0 Å². The van der Waals surface area contributed by atoms with Crippen LogP contribution in [0.3, 0.4) is 0 Å². The highest BCUT2D eigenvalue weighted by molar-refractivity contribution is 5.83. The van der Waals surface area contributed by atoms with Gasteiger partial charge in [0.25, 0.3) is 0 Å². The first-order chi connectivity index (χ1) is 11.1. The van der Waals surface area contributed by atoms with E-state index in [1.807, 2.05) is 18.2 Å². The molecule has 1 aromatic heterocycles. The molecule has 0 atom stereocenters. The standard InChI is InChI=1S/C18H16FN3O/c19-16-4-2-1-3-13(16)11-21-18(23)10-15-7-5-12-9-14(20)6-8-17(12)22-15/h1-9H,10-11,20H2,(H,21,23). The molecule has 0 aliphatic rings. The van der Waals surface area contributed by atoms with Crippen molar-refractivity contribution >= 4 is 22.5 Å². The average Bonchev–Trinajstić information content (AvgIpc) is 2.54. The molecule has 0 radical (unpaired) electrons. The van der Waals surface area contributed by atoms with Gasteiger partial charge in [0.15, 0.2) is 0 Å². The van der Waals surface area contributed by atoms with Crippen molar-refractivity contribution in [1.29, 1.82) is 0 Å². The summed E-state index contributed by atoms with van der Waals surface area (Å²) in [4.78, 5) is 16.4. The third-order valence-corrected chi connectivity index (χ3v) is 3.55. The number of anilines is 1. The van der Waals surface area contributed by atoms with E-state index in [-0.39, 0.29) is 24.7 Å². The summed E-state index contributed by atoms with van der Waals surface area (Å²) in [5.74, 6) is -0.523. The lowest BCUT2D eigenvalue weighted by Gasteiger charge is -2.07. The minimum atomic E-state index is -0.325. The van der Waals surface area contributed by atoms with Crippen molar-refractivity contribution < 1.29 is 9.18 Å². The van der Waals surface area contributed by atoms with E-state index < -0.39 is 0 Å². The van der Waals surface area contributed by atoms with E-state index in [4.69, 9.17) is 5.73 Å². The summed E-state index contributed by atoms with van der Waals surface area (Å²) >= 11 is 0. The van der Waals surface area contributed by atoms with Crippen molar-refractivity contribution in [2.75, 3.05) is 5.73 Å². The minimum Gasteiger partial charge on any atom is -0.399 e. The van der Waals surface area contributed by atoms with E-state index in [9.17, 15) is 9.18 Å². The van der Waals surface area contributed by atoms with Gasteiger partial charge in [0.1, 0.15) is 5.82 Å². The van der Waals surface area contributed by atoms with E-state index >= 15 is 0 Å². The molecule has 0 unspecified atom stereocenters. The Kier molecular flexibility index (Phi) is 4.19. The lowest BCUT2D eigenvalue weighted by Crippen LogP contribution is -2.25. The van der Waals surface area contributed by atoms with Gasteiger partial charge in [0, 0.05) is 23.2 Å². The highest BCUT2D eigenvalue weighted by Crippen LogP contribution is 2.16. The average molecular weight is 309 g/mol. The molecule has 3 N–H and O–H groups in total. The van der Waals surface area contributed by atoms with Crippen LogP contribution in [0.15, 0.2) is 54.6 Å². The Bertz CT molecular complexity index is 864. The molecular weight excluding hydrogens is 293 g/mol. The monoisotopic (exact) mass is 309 g/mol. The fraction of sp³-hybridized carbons (Fsp3) is 0.111. The van der Waals surface area contributed by atoms with Crippen LogP contribution >= 0.6 is 0 Å². The number of fused-ring (bicyclic) bond motifs is 1. The number of rotatable bonds is 4. The molecule has 0 bridgehead atoms. The maximum atomic E-state index is 13.5. The van der Waals surface area contributed by atoms with Crippen LogP contribution in [0.25, 0.3) is 10.9 Å². The van der Waals surface area contributed by atoms with Gasteiger partial charge in [-0.15, -0.1) is 0 Å². The summed E-state index contributed by atoms with van der Waals surface area (Å²) in [6, 6.07) is 15.5. The second kappa shape index (κ2) is 6.44. The third kappa shape index (κ3) is 3.63. The lowest BCUT2D eigenvalue weighted by atomic mass is 10.1. The van der Waals surface area contributed by atoms with Crippen molar-refractivity contribution in [1.82, 2.24) is 10.3 Å². The van der Waals surface area contributed by atoms with E-state index in [2.05, 4.69) is 10.3 Å². The van der Waals surface area contributed by atoms with Crippen LogP contribution in [0.1, 0.15) is 11.3 Å². The summed E-state index contributed by atoms with van der Waals surface area (Å²) in [6.07, 6.45) is 0.148. The van der Waals surface area contributed by atoms with Gasteiger partial charge in [0.05, 0.1) is 17.6 Å². The molecule has 0 aliphatic heterocycles. The molecule has 5 heteroatoms. The number of nitrogens with one attached hydrogen (secondary N) is 1. The Balaban J connectivity index is 1.66. The first kappa shape index (κ1) is 15.0. The molecule has 2 aromatic carbocycles. The fourth-order valence-electron chi connectivity index (χ4n) is 2.35. The molecule has 1 amide bonds. The number of pyridine rings is 1. The normalized spacial score (nSPS) is 10.7. The predicted octanol–water partition coefficient (Wildman–Crippen LogP) is 2.82. The molecule has 0 fully saturated rings. The first-order valence-corrected chi connectivity index (χ1v) is 7.27. The second-order valence-electron chi connectivity index (χ2n) is 5.30. The summed E-state index contributed by atoms with van der Waals surface area (Å²) < 4.78 is 13.5. The molecule has 0 saturated carbocycles. The number of nitrogens with zero attached hydrogens (tertiary/aromatic N) is 1. The van der Waals surface area contributed by atoms with E-state index in [1.54, 1.807) is 30.3 Å². The molecule has 3 rings (SSSR count). The van der Waals surface area contributed by atoms with Crippen molar-refractivity contribution in [3.05, 3.63) is 71.7 Å². The van der Waals surface area contributed by atoms with Gasteiger partial charge in [-0.25, -0.2) is 4.39 Å². The van der Waals surface area contributed by atoms with Gasteiger partial charge in [-0.1, -0.05) is 24.3 Å². The van der Waals surface area contributed by atoms with Crippen LogP contribution < -0.4 is 11.1 Å². The second-order valence-corrected chi connectivity index (χ2v) is 5.30. The quantitative estimate of drug-likeness (QED) is 0.728. The molecule has 3 aromatic rings. The number of hydrogen-bond donors (Lipinski definition) is 2. The largest absolute Gasteiger partial charge is 0.399 e. The van der Waals surface area contributed by atoms with Gasteiger partial charge in [-0.2, -0.15) is 0 Å². The van der Waals surface area contributed by atoms with E-state index in [0.717, 1.165) is 10.9 Å². The maximum Gasteiger partial charge on any atom is 0.226 e. The Morgan fingerprint density at radius 1 is 1.13 bits per heavy atom. The summed E-state index contributed by atoms with van der Waals surface area (Å²) in [5, 5.41) is 3.64. The van der Waals surface area contributed by atoms with Gasteiger partial charge < -0.3 is 11.1 Å². The van der Waals surface area contributed by atoms with Crippen LogP contribution in [0.5, 0.6) is 0 Å². The maximum absolute atomic E-state index is 13.5. The number of carbonyl (C=O) groups excluding carboxylic acids is 1. The zero-order valence-corrected chi connectivity index (χ0v) is 12.4. The Morgan fingerprint density at radius 2 is 1.96 bits per heavy atom. The number of hydrogen-bond acceptors (Lipinski definition) is 3.